The molecule has 0 saturated heterocycles. The van der Waals surface area contributed by atoms with Gasteiger partial charge in [0, 0.05) is 12.3 Å². The van der Waals surface area contributed by atoms with Crippen LogP contribution in [0.4, 0.5) is 10.1 Å². The minimum absolute atomic E-state index is 0.121. The minimum Gasteiger partial charge on any atom is -0.432 e. The van der Waals surface area contributed by atoms with Gasteiger partial charge < -0.3 is 4.74 Å². The first-order chi connectivity index (χ1) is 9.13. The van der Waals surface area contributed by atoms with Gasteiger partial charge in [0.2, 0.25) is 0 Å². The molecule has 19 heavy (non-hydrogen) atoms. The molecular weight excluding hydrogens is 253 g/mol. The van der Waals surface area contributed by atoms with E-state index in [1.165, 1.54) is 30.5 Å². The summed E-state index contributed by atoms with van der Waals surface area (Å²) in [6, 6.07) is 7.98. The molecule has 0 aliphatic carbocycles. The van der Waals surface area contributed by atoms with Gasteiger partial charge in [-0.1, -0.05) is 6.07 Å². The first-order valence-electron chi connectivity index (χ1n) is 5.09. The number of nitro groups is 1. The molecule has 0 unspecified atom stereocenters. The highest BCUT2D eigenvalue weighted by atomic mass is 19.1. The van der Waals surface area contributed by atoms with Gasteiger partial charge in [-0.15, -0.1) is 0 Å². The second kappa shape index (κ2) is 5.10. The molecule has 0 fully saturated rings. The van der Waals surface area contributed by atoms with Crippen molar-refractivity contribution in [2.24, 2.45) is 0 Å². The third-order valence-corrected chi connectivity index (χ3v) is 2.24. The van der Waals surface area contributed by atoms with Crippen LogP contribution >= 0.6 is 0 Å². The summed E-state index contributed by atoms with van der Waals surface area (Å²) in [4.78, 5) is 13.8. The van der Waals surface area contributed by atoms with Gasteiger partial charge in [0.15, 0.2) is 5.75 Å². The van der Waals surface area contributed by atoms with Gasteiger partial charge in [0.1, 0.15) is 17.4 Å². The lowest BCUT2D eigenvalue weighted by atomic mass is 10.2. The quantitative estimate of drug-likeness (QED) is 0.624. The van der Waals surface area contributed by atoms with Crippen molar-refractivity contribution in [3.63, 3.8) is 0 Å². The second-order valence-corrected chi connectivity index (χ2v) is 3.41. The van der Waals surface area contributed by atoms with Crippen LogP contribution in [0.5, 0.6) is 11.6 Å². The molecule has 6 nitrogen and oxygen atoms in total. The summed E-state index contributed by atoms with van der Waals surface area (Å²) < 4.78 is 18.5. The van der Waals surface area contributed by atoms with Gasteiger partial charge in [-0.2, -0.15) is 5.26 Å². The molecule has 0 atom stereocenters. The third kappa shape index (κ3) is 2.47. The van der Waals surface area contributed by atoms with E-state index in [0.717, 1.165) is 6.07 Å². The second-order valence-electron chi connectivity index (χ2n) is 3.41. The van der Waals surface area contributed by atoms with Gasteiger partial charge in [0.25, 0.3) is 5.88 Å². The van der Waals surface area contributed by atoms with Crippen molar-refractivity contribution in [1.29, 1.82) is 5.26 Å². The van der Waals surface area contributed by atoms with E-state index in [9.17, 15) is 14.5 Å². The van der Waals surface area contributed by atoms with Gasteiger partial charge in [-0.05, 0) is 18.2 Å². The van der Waals surface area contributed by atoms with Crippen LogP contribution in [0.15, 0.2) is 36.5 Å². The number of nitrogens with zero attached hydrogens (tertiary/aromatic N) is 3. The van der Waals surface area contributed by atoms with E-state index >= 15 is 0 Å². The molecule has 0 N–H and O–H groups in total. The fourth-order valence-electron chi connectivity index (χ4n) is 1.40. The Bertz CT molecular complexity index is 682. The molecule has 2 rings (SSSR count). The summed E-state index contributed by atoms with van der Waals surface area (Å²) in [6.45, 7) is 0. The highest BCUT2D eigenvalue weighted by Crippen LogP contribution is 2.31. The fraction of sp³-hybridized carbons (Fsp3) is 0. The molecule has 0 bridgehead atoms. The molecule has 0 aliphatic heterocycles. The van der Waals surface area contributed by atoms with Crippen LogP contribution in [0, 0.1) is 27.3 Å². The molecule has 0 aliphatic rings. The zero-order valence-corrected chi connectivity index (χ0v) is 9.41. The zero-order valence-electron chi connectivity index (χ0n) is 9.41. The maximum absolute atomic E-state index is 13.4. The summed E-state index contributed by atoms with van der Waals surface area (Å²) >= 11 is 0. The normalized spacial score (nSPS) is 9.68. The third-order valence-electron chi connectivity index (χ3n) is 2.24. The van der Waals surface area contributed by atoms with Crippen molar-refractivity contribution in [2.45, 2.75) is 0 Å². The number of pyridine rings is 1. The number of aromatic nitrogens is 1. The number of hydrogen-bond acceptors (Lipinski definition) is 5. The molecule has 7 heteroatoms. The standard InChI is InChI=1S/C12H6FN3O3/c13-9-3-1-5-11(8(9)7-14)19-12-10(16(17)18)4-2-6-15-12/h1-6H. The Morgan fingerprint density at radius 1 is 1.37 bits per heavy atom. The van der Waals surface area contributed by atoms with Crippen molar-refractivity contribution >= 4 is 5.69 Å². The molecule has 94 valence electrons. The van der Waals surface area contributed by atoms with Crippen LogP contribution < -0.4 is 4.74 Å². The molecular formula is C12H6FN3O3. The van der Waals surface area contributed by atoms with Gasteiger partial charge in [0.05, 0.1) is 4.92 Å². The van der Waals surface area contributed by atoms with E-state index in [1.807, 2.05) is 0 Å². The number of hydrogen-bond donors (Lipinski definition) is 0. The molecule has 1 aromatic heterocycles. The topological polar surface area (TPSA) is 89.0 Å². The first kappa shape index (κ1) is 12.4. The fourth-order valence-corrected chi connectivity index (χ4v) is 1.40. The van der Waals surface area contributed by atoms with Gasteiger partial charge in [-0.25, -0.2) is 9.37 Å². The summed E-state index contributed by atoms with van der Waals surface area (Å²) in [5.74, 6) is -1.18. The molecule has 0 amide bonds. The van der Waals surface area contributed by atoms with Crippen LogP contribution in [0.3, 0.4) is 0 Å². The molecule has 0 saturated carbocycles. The van der Waals surface area contributed by atoms with E-state index in [4.69, 9.17) is 10.00 Å². The van der Waals surface area contributed by atoms with Gasteiger partial charge >= 0.3 is 5.69 Å². The van der Waals surface area contributed by atoms with Crippen molar-refractivity contribution < 1.29 is 14.1 Å². The van der Waals surface area contributed by atoms with E-state index < -0.39 is 10.7 Å². The molecule has 2 aromatic rings. The van der Waals surface area contributed by atoms with Crippen molar-refractivity contribution in [3.8, 4) is 17.7 Å². The Hall–Kier alpha value is -3.01. The average molecular weight is 259 g/mol. The van der Waals surface area contributed by atoms with Gasteiger partial charge in [-0.3, -0.25) is 10.1 Å². The number of rotatable bonds is 3. The van der Waals surface area contributed by atoms with E-state index in [1.54, 1.807) is 6.07 Å². The van der Waals surface area contributed by atoms with Crippen LogP contribution in [0.25, 0.3) is 0 Å². The van der Waals surface area contributed by atoms with Crippen LogP contribution in [-0.2, 0) is 0 Å². The van der Waals surface area contributed by atoms with E-state index in [-0.39, 0.29) is 22.9 Å². The predicted molar refractivity (Wildman–Crippen MR) is 62.1 cm³/mol. The summed E-state index contributed by atoms with van der Waals surface area (Å²) in [5, 5.41) is 19.6. The molecule has 1 heterocycles. The zero-order chi connectivity index (χ0) is 13.8. The maximum atomic E-state index is 13.4. The summed E-state index contributed by atoms with van der Waals surface area (Å²) in [7, 11) is 0. The number of nitriles is 1. The molecule has 0 spiro atoms. The molecule has 0 radical (unpaired) electrons. The molecule has 1 aromatic carbocycles. The van der Waals surface area contributed by atoms with Crippen molar-refractivity contribution in [2.75, 3.05) is 0 Å². The highest BCUT2D eigenvalue weighted by molar-refractivity contribution is 5.48. The van der Waals surface area contributed by atoms with Crippen LogP contribution in [-0.4, -0.2) is 9.91 Å². The highest BCUT2D eigenvalue weighted by Gasteiger charge is 2.18. The Balaban J connectivity index is 2.46. The number of benzene rings is 1. The lowest BCUT2D eigenvalue weighted by Crippen LogP contribution is -1.97. The first-order valence-corrected chi connectivity index (χ1v) is 5.09. The summed E-state index contributed by atoms with van der Waals surface area (Å²) in [5.41, 5.74) is -0.696. The SMILES string of the molecule is N#Cc1c(F)cccc1Oc1ncccc1[N+](=O)[O-]. The maximum Gasteiger partial charge on any atom is 0.331 e. The Morgan fingerprint density at radius 3 is 2.84 bits per heavy atom. The lowest BCUT2D eigenvalue weighted by molar-refractivity contribution is -0.386. The smallest absolute Gasteiger partial charge is 0.331 e. The average Bonchev–Trinajstić information content (AvgIpc) is 2.39. The lowest BCUT2D eigenvalue weighted by Gasteiger charge is -2.06. The van der Waals surface area contributed by atoms with E-state index in [2.05, 4.69) is 4.98 Å². The number of ether oxygens (including phenoxy) is 1. The van der Waals surface area contributed by atoms with Crippen molar-refractivity contribution in [3.05, 3.63) is 58.0 Å². The Morgan fingerprint density at radius 2 is 2.16 bits per heavy atom. The number of halogens is 1. The Kier molecular flexibility index (Phi) is 3.34. The monoisotopic (exact) mass is 259 g/mol. The van der Waals surface area contributed by atoms with E-state index in [0.29, 0.717) is 0 Å². The van der Waals surface area contributed by atoms with Crippen molar-refractivity contribution in [1.82, 2.24) is 4.98 Å². The minimum atomic E-state index is -0.765. The van der Waals surface area contributed by atoms with Crippen LogP contribution in [0.1, 0.15) is 5.56 Å². The summed E-state index contributed by atoms with van der Waals surface area (Å²) in [6.07, 6.45) is 1.30. The van der Waals surface area contributed by atoms with Crippen LogP contribution in [0.2, 0.25) is 0 Å². The largest absolute Gasteiger partial charge is 0.432 e. The predicted octanol–water partition coefficient (Wildman–Crippen LogP) is 2.79. The Labute approximate surface area is 106 Å².